The number of benzene rings is 1. The molecule has 0 fully saturated rings. The summed E-state index contributed by atoms with van der Waals surface area (Å²) in [6, 6.07) is 5.91. The molecule has 0 spiro atoms. The third-order valence-electron chi connectivity index (χ3n) is 2.69. The summed E-state index contributed by atoms with van der Waals surface area (Å²) < 4.78 is 1.02. The van der Waals surface area contributed by atoms with E-state index in [-0.39, 0.29) is 5.41 Å². The Labute approximate surface area is 88.7 Å². The molecule has 0 amide bonds. The zero-order valence-electron chi connectivity index (χ0n) is 8.46. The summed E-state index contributed by atoms with van der Waals surface area (Å²) in [4.78, 5) is 0. The summed E-state index contributed by atoms with van der Waals surface area (Å²) in [7, 11) is 0. The van der Waals surface area contributed by atoms with E-state index >= 15 is 0 Å². The van der Waals surface area contributed by atoms with Gasteiger partial charge in [-0.3, -0.25) is 0 Å². The Kier molecular flexibility index (Phi) is 3.08. The maximum atomic E-state index is 9.40. The van der Waals surface area contributed by atoms with Crippen molar-refractivity contribution >= 4 is 21.2 Å². The Morgan fingerprint density at radius 1 is 1.38 bits per heavy atom. The minimum absolute atomic E-state index is 0.217. The summed E-state index contributed by atoms with van der Waals surface area (Å²) in [5.74, 6) is 0.413. The van der Waals surface area contributed by atoms with E-state index in [1.165, 1.54) is 22.4 Å². The van der Waals surface area contributed by atoms with E-state index < -0.39 is 0 Å². The van der Waals surface area contributed by atoms with Crippen molar-refractivity contribution in [3.05, 3.63) is 23.8 Å². The van der Waals surface area contributed by atoms with Crippen molar-refractivity contribution in [1.82, 2.24) is 0 Å². The Bertz CT molecular complexity index is 305. The van der Waals surface area contributed by atoms with Crippen molar-refractivity contribution in [2.75, 3.05) is 0 Å². The number of hydrogen-bond acceptors (Lipinski definition) is 1. The Morgan fingerprint density at radius 3 is 2.46 bits per heavy atom. The van der Waals surface area contributed by atoms with Crippen molar-refractivity contribution in [3.63, 3.8) is 0 Å². The van der Waals surface area contributed by atoms with Gasteiger partial charge in [-0.25, -0.2) is 0 Å². The molecule has 1 unspecified atom stereocenters. The SMILES string of the molecule is CCC(C)(C)c1ccc(O)c([AsH2])c1. The Morgan fingerprint density at radius 2 is 2.00 bits per heavy atom. The van der Waals surface area contributed by atoms with Crippen LogP contribution >= 0.6 is 0 Å². The molecular formula is C11H17AsO. The monoisotopic (exact) mass is 240 g/mol. The van der Waals surface area contributed by atoms with Crippen molar-refractivity contribution in [2.24, 2.45) is 0 Å². The zero-order chi connectivity index (χ0) is 10.1. The molecule has 0 aromatic heterocycles. The molecule has 0 heterocycles. The number of rotatable bonds is 2. The van der Waals surface area contributed by atoms with Gasteiger partial charge in [-0.2, -0.15) is 0 Å². The molecule has 1 atom stereocenters. The van der Waals surface area contributed by atoms with E-state index in [1.54, 1.807) is 6.07 Å². The first-order valence-corrected chi connectivity index (χ1v) is 5.77. The van der Waals surface area contributed by atoms with E-state index in [0.29, 0.717) is 5.75 Å². The van der Waals surface area contributed by atoms with Gasteiger partial charge in [0.1, 0.15) is 0 Å². The van der Waals surface area contributed by atoms with Gasteiger partial charge in [0.15, 0.2) is 0 Å². The minimum atomic E-state index is 0.217. The van der Waals surface area contributed by atoms with Crippen LogP contribution in [-0.2, 0) is 5.41 Å². The second-order valence-corrected chi connectivity index (χ2v) is 5.32. The van der Waals surface area contributed by atoms with Gasteiger partial charge >= 0.3 is 88.4 Å². The molecule has 0 saturated carbocycles. The fourth-order valence-corrected chi connectivity index (χ4v) is 1.76. The quantitative estimate of drug-likeness (QED) is 0.773. The van der Waals surface area contributed by atoms with Crippen LogP contribution < -0.4 is 4.35 Å². The van der Waals surface area contributed by atoms with Crippen molar-refractivity contribution in [2.45, 2.75) is 32.6 Å². The predicted octanol–water partition coefficient (Wildman–Crippen LogP) is 1.34. The van der Waals surface area contributed by atoms with Crippen molar-refractivity contribution in [3.8, 4) is 5.75 Å². The summed E-state index contributed by atoms with van der Waals surface area (Å²) >= 11 is 1.47. The second-order valence-electron chi connectivity index (χ2n) is 4.01. The van der Waals surface area contributed by atoms with E-state index in [0.717, 1.165) is 10.8 Å². The molecule has 0 saturated heterocycles. The topological polar surface area (TPSA) is 20.2 Å². The van der Waals surface area contributed by atoms with E-state index in [2.05, 4.69) is 26.8 Å². The molecule has 1 N–H and O–H groups in total. The molecule has 1 rings (SSSR count). The first kappa shape index (κ1) is 10.7. The molecule has 1 aromatic carbocycles. The van der Waals surface area contributed by atoms with Gasteiger partial charge in [0.2, 0.25) is 0 Å². The third-order valence-corrected chi connectivity index (χ3v) is 3.66. The fraction of sp³-hybridized carbons (Fsp3) is 0.455. The third kappa shape index (κ3) is 2.28. The normalized spacial score (nSPS) is 11.7. The Balaban J connectivity index is 3.10. The van der Waals surface area contributed by atoms with Crippen molar-refractivity contribution in [1.29, 1.82) is 0 Å². The molecule has 0 radical (unpaired) electrons. The Hall–Kier alpha value is -0.422. The molecule has 0 aliphatic rings. The van der Waals surface area contributed by atoms with Crippen LogP contribution in [0.1, 0.15) is 32.8 Å². The van der Waals surface area contributed by atoms with Crippen LogP contribution in [0, 0.1) is 0 Å². The van der Waals surface area contributed by atoms with Crippen LogP contribution in [0.15, 0.2) is 18.2 Å². The van der Waals surface area contributed by atoms with E-state index in [1.807, 2.05) is 6.07 Å². The number of aromatic hydroxyl groups is 1. The van der Waals surface area contributed by atoms with Crippen LogP contribution in [0.2, 0.25) is 0 Å². The van der Waals surface area contributed by atoms with Gasteiger partial charge in [-0.05, 0) is 0 Å². The summed E-state index contributed by atoms with van der Waals surface area (Å²) in [6.07, 6.45) is 1.12. The van der Waals surface area contributed by atoms with Crippen LogP contribution in [0.5, 0.6) is 5.75 Å². The molecule has 0 aliphatic carbocycles. The van der Waals surface area contributed by atoms with E-state index in [9.17, 15) is 5.11 Å². The van der Waals surface area contributed by atoms with Gasteiger partial charge in [-0.15, -0.1) is 0 Å². The van der Waals surface area contributed by atoms with Gasteiger partial charge in [-0.1, -0.05) is 0 Å². The molecule has 13 heavy (non-hydrogen) atoms. The van der Waals surface area contributed by atoms with Gasteiger partial charge in [0.05, 0.1) is 0 Å². The number of phenols is 1. The number of hydrogen-bond donors (Lipinski definition) is 1. The molecular weight excluding hydrogens is 223 g/mol. The molecule has 0 bridgehead atoms. The number of phenolic OH excluding ortho intramolecular Hbond substituents is 1. The molecule has 2 heteroatoms. The van der Waals surface area contributed by atoms with Crippen molar-refractivity contribution < 1.29 is 5.11 Å². The van der Waals surface area contributed by atoms with Crippen LogP contribution in [-0.4, -0.2) is 22.0 Å². The first-order valence-electron chi connectivity index (χ1n) is 4.56. The average Bonchev–Trinajstić information content (AvgIpc) is 2.09. The maximum absolute atomic E-state index is 9.40. The molecule has 0 aliphatic heterocycles. The van der Waals surface area contributed by atoms with Crippen LogP contribution in [0.3, 0.4) is 0 Å². The zero-order valence-corrected chi connectivity index (χ0v) is 10.9. The standard InChI is InChI=1S/C11H17AsO/c1-4-11(2,3)8-5-6-10(13)9(12)7-8/h5-7,13H,4,12H2,1-3H3. The molecule has 1 nitrogen and oxygen atoms in total. The van der Waals surface area contributed by atoms with Crippen LogP contribution in [0.25, 0.3) is 0 Å². The summed E-state index contributed by atoms with van der Waals surface area (Å²) in [6.45, 7) is 6.64. The fourth-order valence-electron chi connectivity index (χ4n) is 1.18. The van der Waals surface area contributed by atoms with Gasteiger partial charge < -0.3 is 0 Å². The predicted molar refractivity (Wildman–Crippen MR) is 59.6 cm³/mol. The van der Waals surface area contributed by atoms with Gasteiger partial charge in [0, 0.05) is 0 Å². The van der Waals surface area contributed by atoms with E-state index in [4.69, 9.17) is 0 Å². The molecule has 1 aromatic rings. The summed E-state index contributed by atoms with van der Waals surface area (Å²) in [5, 5.41) is 9.40. The summed E-state index contributed by atoms with van der Waals surface area (Å²) in [5.41, 5.74) is 1.53. The second kappa shape index (κ2) is 3.75. The molecule has 72 valence electrons. The van der Waals surface area contributed by atoms with Gasteiger partial charge in [0.25, 0.3) is 0 Å². The average molecular weight is 240 g/mol. The van der Waals surface area contributed by atoms with Crippen LogP contribution in [0.4, 0.5) is 0 Å². The first-order chi connectivity index (χ1) is 5.97.